The summed E-state index contributed by atoms with van der Waals surface area (Å²) < 4.78 is 0. The first-order valence-corrected chi connectivity index (χ1v) is 6.98. The molecule has 0 aliphatic carbocycles. The van der Waals surface area contributed by atoms with E-state index in [0.29, 0.717) is 5.92 Å². The monoisotopic (exact) mass is 260 g/mol. The van der Waals surface area contributed by atoms with Gasteiger partial charge in [-0.2, -0.15) is 0 Å². The minimum atomic E-state index is -0.460. The van der Waals surface area contributed by atoms with Crippen molar-refractivity contribution in [3.05, 3.63) is 23.8 Å². The number of anilines is 1. The van der Waals surface area contributed by atoms with E-state index in [4.69, 9.17) is 0 Å². The Labute approximate surface area is 113 Å². The van der Waals surface area contributed by atoms with Gasteiger partial charge in [-0.15, -0.1) is 0 Å². The highest BCUT2D eigenvalue weighted by molar-refractivity contribution is 6.07. The molecular formula is C15H20N2O2. The fourth-order valence-electron chi connectivity index (χ4n) is 3.61. The number of benzene rings is 1. The molecule has 1 spiro atoms. The number of aromatic hydroxyl groups is 1. The van der Waals surface area contributed by atoms with Gasteiger partial charge in [-0.05, 0) is 30.5 Å². The van der Waals surface area contributed by atoms with Gasteiger partial charge in [-0.1, -0.05) is 26.3 Å². The molecule has 2 aliphatic heterocycles. The SMILES string of the molecule is CC[C@H](C)[C@@H]1NCC[C@]12C(=O)Nc1cc(O)ccc12. The summed E-state index contributed by atoms with van der Waals surface area (Å²) in [5.74, 6) is 0.707. The largest absolute Gasteiger partial charge is 0.508 e. The summed E-state index contributed by atoms with van der Waals surface area (Å²) in [6, 6.07) is 5.38. The van der Waals surface area contributed by atoms with Crippen molar-refractivity contribution in [3.8, 4) is 5.75 Å². The molecule has 102 valence electrons. The van der Waals surface area contributed by atoms with Crippen LogP contribution in [0, 0.1) is 5.92 Å². The number of hydrogen-bond donors (Lipinski definition) is 3. The first-order chi connectivity index (χ1) is 9.09. The molecule has 1 fully saturated rings. The van der Waals surface area contributed by atoms with Gasteiger partial charge in [-0.25, -0.2) is 0 Å². The molecular weight excluding hydrogens is 240 g/mol. The van der Waals surface area contributed by atoms with Crippen molar-refractivity contribution >= 4 is 11.6 Å². The molecule has 3 rings (SSSR count). The number of phenols is 1. The lowest BCUT2D eigenvalue weighted by Crippen LogP contribution is -2.49. The molecule has 0 unspecified atom stereocenters. The number of fused-ring (bicyclic) bond motifs is 2. The van der Waals surface area contributed by atoms with Gasteiger partial charge in [0.2, 0.25) is 5.91 Å². The lowest BCUT2D eigenvalue weighted by atomic mass is 9.70. The third kappa shape index (κ3) is 1.59. The molecule has 1 aromatic carbocycles. The van der Waals surface area contributed by atoms with E-state index in [0.717, 1.165) is 30.6 Å². The Kier molecular flexibility index (Phi) is 2.78. The van der Waals surface area contributed by atoms with Gasteiger partial charge < -0.3 is 15.7 Å². The summed E-state index contributed by atoms with van der Waals surface area (Å²) in [6.45, 7) is 5.21. The van der Waals surface area contributed by atoms with Gasteiger partial charge in [0.25, 0.3) is 0 Å². The zero-order valence-corrected chi connectivity index (χ0v) is 11.4. The highest BCUT2D eigenvalue weighted by Gasteiger charge is 2.55. The Morgan fingerprint density at radius 2 is 2.32 bits per heavy atom. The van der Waals surface area contributed by atoms with Gasteiger partial charge in [0.15, 0.2) is 0 Å². The quantitative estimate of drug-likeness (QED) is 0.762. The van der Waals surface area contributed by atoms with Crippen molar-refractivity contribution in [2.75, 3.05) is 11.9 Å². The van der Waals surface area contributed by atoms with Gasteiger partial charge in [-0.3, -0.25) is 4.79 Å². The predicted octanol–water partition coefficient (Wildman–Crippen LogP) is 1.99. The van der Waals surface area contributed by atoms with E-state index in [-0.39, 0.29) is 17.7 Å². The molecule has 0 bridgehead atoms. The zero-order chi connectivity index (χ0) is 13.6. The van der Waals surface area contributed by atoms with Crippen molar-refractivity contribution in [2.24, 2.45) is 5.92 Å². The summed E-state index contributed by atoms with van der Waals surface area (Å²) in [4.78, 5) is 12.6. The third-order valence-corrected chi connectivity index (χ3v) is 4.76. The maximum absolute atomic E-state index is 12.6. The molecule has 0 saturated carbocycles. The van der Waals surface area contributed by atoms with Crippen molar-refractivity contribution in [1.29, 1.82) is 0 Å². The molecule has 0 aromatic heterocycles. The normalized spacial score (nSPS) is 30.4. The molecule has 3 atom stereocenters. The lowest BCUT2D eigenvalue weighted by molar-refractivity contribution is -0.121. The molecule has 3 N–H and O–H groups in total. The topological polar surface area (TPSA) is 61.4 Å². The summed E-state index contributed by atoms with van der Waals surface area (Å²) in [5.41, 5.74) is 1.34. The molecule has 4 nitrogen and oxygen atoms in total. The van der Waals surface area contributed by atoms with E-state index in [9.17, 15) is 9.90 Å². The van der Waals surface area contributed by atoms with E-state index < -0.39 is 5.41 Å². The predicted molar refractivity (Wildman–Crippen MR) is 74.3 cm³/mol. The van der Waals surface area contributed by atoms with Crippen molar-refractivity contribution < 1.29 is 9.90 Å². The molecule has 19 heavy (non-hydrogen) atoms. The summed E-state index contributed by atoms with van der Waals surface area (Å²) in [6.07, 6.45) is 1.87. The molecule has 4 heteroatoms. The van der Waals surface area contributed by atoms with Crippen LogP contribution in [0.5, 0.6) is 5.75 Å². The van der Waals surface area contributed by atoms with Gasteiger partial charge in [0.1, 0.15) is 5.75 Å². The van der Waals surface area contributed by atoms with E-state index in [1.807, 2.05) is 6.07 Å². The average Bonchev–Trinajstić information content (AvgIpc) is 2.93. The van der Waals surface area contributed by atoms with Crippen LogP contribution < -0.4 is 10.6 Å². The van der Waals surface area contributed by atoms with E-state index in [2.05, 4.69) is 24.5 Å². The Morgan fingerprint density at radius 1 is 1.53 bits per heavy atom. The van der Waals surface area contributed by atoms with Crippen LogP contribution >= 0.6 is 0 Å². The fraction of sp³-hybridized carbons (Fsp3) is 0.533. The van der Waals surface area contributed by atoms with Crippen LogP contribution in [0.25, 0.3) is 0 Å². The Bertz CT molecular complexity index is 529. The van der Waals surface area contributed by atoms with Crippen molar-refractivity contribution in [3.63, 3.8) is 0 Å². The highest BCUT2D eigenvalue weighted by atomic mass is 16.3. The first-order valence-electron chi connectivity index (χ1n) is 6.98. The van der Waals surface area contributed by atoms with E-state index in [1.165, 1.54) is 0 Å². The standard InChI is InChI=1S/C15H20N2O2/c1-3-9(2)13-15(6-7-16-13)11-5-4-10(18)8-12(11)17-14(15)19/h4-5,8-9,13,16,18H,3,6-7H2,1-2H3,(H,17,19)/t9-,13-,15+/m0/s1. The second-order valence-corrected chi connectivity index (χ2v) is 5.72. The minimum Gasteiger partial charge on any atom is -0.508 e. The summed E-state index contributed by atoms with van der Waals surface area (Å²) in [7, 11) is 0. The smallest absolute Gasteiger partial charge is 0.236 e. The van der Waals surface area contributed by atoms with Crippen LogP contribution in [0.15, 0.2) is 18.2 Å². The van der Waals surface area contributed by atoms with Gasteiger partial charge in [0, 0.05) is 17.8 Å². The van der Waals surface area contributed by atoms with E-state index >= 15 is 0 Å². The Morgan fingerprint density at radius 3 is 3.05 bits per heavy atom. The van der Waals surface area contributed by atoms with Gasteiger partial charge >= 0.3 is 0 Å². The van der Waals surface area contributed by atoms with Crippen LogP contribution in [0.4, 0.5) is 5.69 Å². The summed E-state index contributed by atoms with van der Waals surface area (Å²) in [5, 5.41) is 16.0. The maximum atomic E-state index is 12.6. The second-order valence-electron chi connectivity index (χ2n) is 5.72. The second kappa shape index (κ2) is 4.23. The fourth-order valence-corrected chi connectivity index (χ4v) is 3.61. The number of rotatable bonds is 2. The van der Waals surface area contributed by atoms with Crippen LogP contribution in [0.1, 0.15) is 32.3 Å². The van der Waals surface area contributed by atoms with E-state index in [1.54, 1.807) is 12.1 Å². The minimum absolute atomic E-state index is 0.0726. The molecule has 1 saturated heterocycles. The molecule has 2 heterocycles. The number of nitrogens with one attached hydrogen (secondary N) is 2. The van der Waals surface area contributed by atoms with Crippen molar-refractivity contribution in [2.45, 2.75) is 38.1 Å². The number of phenolic OH excluding ortho intramolecular Hbond substituents is 1. The van der Waals surface area contributed by atoms with Crippen LogP contribution in [-0.4, -0.2) is 23.6 Å². The van der Waals surface area contributed by atoms with Gasteiger partial charge in [0.05, 0.1) is 5.41 Å². The van der Waals surface area contributed by atoms with Crippen molar-refractivity contribution in [1.82, 2.24) is 5.32 Å². The number of amides is 1. The van der Waals surface area contributed by atoms with Crippen LogP contribution in [-0.2, 0) is 10.2 Å². The molecule has 1 amide bonds. The Hall–Kier alpha value is -1.55. The summed E-state index contributed by atoms with van der Waals surface area (Å²) >= 11 is 0. The highest BCUT2D eigenvalue weighted by Crippen LogP contribution is 2.48. The Balaban J connectivity index is 2.11. The first kappa shape index (κ1) is 12.5. The zero-order valence-electron chi connectivity index (χ0n) is 11.4. The molecule has 0 radical (unpaired) electrons. The molecule has 2 aliphatic rings. The third-order valence-electron chi connectivity index (χ3n) is 4.76. The average molecular weight is 260 g/mol. The number of hydrogen-bond acceptors (Lipinski definition) is 3. The maximum Gasteiger partial charge on any atom is 0.236 e. The van der Waals surface area contributed by atoms with Crippen LogP contribution in [0.3, 0.4) is 0 Å². The number of carbonyl (C=O) groups excluding carboxylic acids is 1. The molecule has 1 aromatic rings. The lowest BCUT2D eigenvalue weighted by Gasteiger charge is -2.33. The van der Waals surface area contributed by atoms with Crippen LogP contribution in [0.2, 0.25) is 0 Å². The number of carbonyl (C=O) groups is 1.